The number of hydrogen-bond donors (Lipinski definition) is 1. The van der Waals surface area contributed by atoms with E-state index in [4.69, 9.17) is 18.3 Å². The molecule has 1 aromatic carbocycles. The largest absolute Gasteiger partial charge is 0.467 e. The smallest absolute Gasteiger partial charge is 0.344 e. The van der Waals surface area contributed by atoms with Crippen molar-refractivity contribution < 1.29 is 42.3 Å². The van der Waals surface area contributed by atoms with Crippen molar-refractivity contribution in [2.24, 2.45) is 0 Å². The topological polar surface area (TPSA) is 145 Å². The van der Waals surface area contributed by atoms with Crippen molar-refractivity contribution in [1.29, 1.82) is 0 Å². The van der Waals surface area contributed by atoms with E-state index in [1.807, 2.05) is 0 Å². The zero-order valence-electron chi connectivity index (χ0n) is 19.7. The van der Waals surface area contributed by atoms with Gasteiger partial charge < -0.3 is 18.3 Å². The molecule has 0 spiro atoms. The van der Waals surface area contributed by atoms with E-state index >= 15 is 0 Å². The van der Waals surface area contributed by atoms with E-state index in [9.17, 15) is 24.0 Å². The van der Waals surface area contributed by atoms with E-state index in [0.717, 1.165) is 4.90 Å². The van der Waals surface area contributed by atoms with Crippen molar-refractivity contribution >= 4 is 35.5 Å². The quantitative estimate of drug-likeness (QED) is 0.367. The van der Waals surface area contributed by atoms with Crippen LogP contribution < -0.4 is 5.32 Å². The van der Waals surface area contributed by atoms with E-state index in [1.165, 1.54) is 31.4 Å². The summed E-state index contributed by atoms with van der Waals surface area (Å²) < 4.78 is 20.8. The Morgan fingerprint density at radius 2 is 1.61 bits per heavy atom. The summed E-state index contributed by atoms with van der Waals surface area (Å²) in [4.78, 5) is 64.6. The van der Waals surface area contributed by atoms with E-state index in [0.29, 0.717) is 5.76 Å². The van der Waals surface area contributed by atoms with Crippen LogP contribution in [0.25, 0.3) is 0 Å². The first-order valence-corrected chi connectivity index (χ1v) is 11.1. The van der Waals surface area contributed by atoms with Gasteiger partial charge in [-0.3, -0.25) is 24.6 Å². The molecule has 0 fully saturated rings. The van der Waals surface area contributed by atoms with E-state index < -0.39 is 29.7 Å². The first kappa shape index (κ1) is 24.5. The van der Waals surface area contributed by atoms with Crippen molar-refractivity contribution in [3.05, 3.63) is 75.9 Å². The van der Waals surface area contributed by atoms with Crippen molar-refractivity contribution in [2.45, 2.75) is 27.3 Å². The molecular weight excluding hydrogens is 472 g/mol. The molecule has 0 atom stereocenters. The number of carbonyl (C=O) groups excluding carboxylic acids is 5. The van der Waals surface area contributed by atoms with E-state index in [-0.39, 0.29) is 59.2 Å². The summed E-state index contributed by atoms with van der Waals surface area (Å²) >= 11 is 0. The van der Waals surface area contributed by atoms with Crippen LogP contribution in [0, 0.1) is 6.92 Å². The maximum atomic E-state index is 13.0. The average molecular weight is 494 g/mol. The number of anilines is 1. The Bertz CT molecular complexity index is 1370. The van der Waals surface area contributed by atoms with E-state index in [2.05, 4.69) is 5.32 Å². The lowest BCUT2D eigenvalue weighted by atomic mass is 10.1. The molecule has 3 heterocycles. The third kappa shape index (κ3) is 4.38. The third-order valence-corrected chi connectivity index (χ3v) is 5.40. The van der Waals surface area contributed by atoms with Gasteiger partial charge in [-0.1, -0.05) is 0 Å². The maximum Gasteiger partial charge on any atom is 0.344 e. The number of rotatable bonds is 8. The summed E-state index contributed by atoms with van der Waals surface area (Å²) in [5, 5.41) is 2.45. The molecule has 0 bridgehead atoms. The van der Waals surface area contributed by atoms with E-state index in [1.54, 1.807) is 26.0 Å². The number of nitrogens with zero attached hydrogens (tertiary/aromatic N) is 1. The molecule has 0 radical (unpaired) electrons. The molecule has 0 saturated heterocycles. The summed E-state index contributed by atoms with van der Waals surface area (Å²) in [5.74, 6) is -3.33. The minimum absolute atomic E-state index is 0.0220. The monoisotopic (exact) mass is 494 g/mol. The second-order valence-corrected chi connectivity index (χ2v) is 7.67. The molecule has 4 rings (SSSR count). The Balaban J connectivity index is 1.62. The van der Waals surface area contributed by atoms with Crippen molar-refractivity contribution in [3.63, 3.8) is 0 Å². The number of hydrogen-bond acceptors (Lipinski definition) is 9. The Morgan fingerprint density at radius 3 is 2.25 bits per heavy atom. The van der Waals surface area contributed by atoms with Crippen LogP contribution in [-0.4, -0.2) is 47.8 Å². The van der Waals surface area contributed by atoms with Gasteiger partial charge in [0.1, 0.15) is 22.6 Å². The summed E-state index contributed by atoms with van der Waals surface area (Å²) in [6, 6.07) is 7.29. The van der Waals surface area contributed by atoms with Crippen LogP contribution in [0.1, 0.15) is 77.2 Å². The maximum absolute atomic E-state index is 13.0. The van der Waals surface area contributed by atoms with Crippen LogP contribution in [-0.2, 0) is 16.0 Å². The lowest BCUT2D eigenvalue weighted by Crippen LogP contribution is -2.28. The fraction of sp³-hybridized carbons (Fsp3) is 0.240. The number of furan rings is 2. The predicted octanol–water partition coefficient (Wildman–Crippen LogP) is 3.58. The number of carbonyl (C=O) groups is 5. The fourth-order valence-electron chi connectivity index (χ4n) is 3.79. The number of imide groups is 1. The van der Waals surface area contributed by atoms with Crippen molar-refractivity contribution in [3.8, 4) is 0 Å². The molecule has 11 nitrogen and oxygen atoms in total. The number of amides is 3. The molecule has 1 N–H and O–H groups in total. The van der Waals surface area contributed by atoms with Gasteiger partial charge in [0.25, 0.3) is 17.7 Å². The summed E-state index contributed by atoms with van der Waals surface area (Å²) in [6.45, 7) is 4.67. The van der Waals surface area contributed by atoms with Crippen LogP contribution in [0.3, 0.4) is 0 Å². The van der Waals surface area contributed by atoms with Gasteiger partial charge in [0.15, 0.2) is 0 Å². The second kappa shape index (κ2) is 9.90. The van der Waals surface area contributed by atoms with Gasteiger partial charge in [0.05, 0.1) is 37.1 Å². The highest BCUT2D eigenvalue weighted by atomic mass is 16.5. The Kier molecular flexibility index (Phi) is 6.73. The highest BCUT2D eigenvalue weighted by Gasteiger charge is 2.37. The lowest BCUT2D eigenvalue weighted by molar-refractivity contribution is 0.0480. The van der Waals surface area contributed by atoms with Gasteiger partial charge in [-0.05, 0) is 51.1 Å². The molecule has 1 aliphatic rings. The van der Waals surface area contributed by atoms with Gasteiger partial charge in [0, 0.05) is 5.56 Å². The molecule has 0 unspecified atom stereocenters. The molecule has 1 aliphatic heterocycles. The minimum Gasteiger partial charge on any atom is -0.467 e. The van der Waals surface area contributed by atoms with Gasteiger partial charge >= 0.3 is 11.9 Å². The summed E-state index contributed by atoms with van der Waals surface area (Å²) in [7, 11) is 0. The zero-order chi connectivity index (χ0) is 26.0. The SMILES string of the molecule is CCOC(=O)c1c(C)oc(NC(=O)c2ccc3c(c2)C(=O)N(Cc2ccco2)C3=O)c1C(=O)OCC. The van der Waals surface area contributed by atoms with Gasteiger partial charge in [-0.2, -0.15) is 0 Å². The highest BCUT2D eigenvalue weighted by molar-refractivity contribution is 6.22. The molecule has 36 heavy (non-hydrogen) atoms. The predicted molar refractivity (Wildman–Crippen MR) is 123 cm³/mol. The molecule has 0 saturated carbocycles. The molecular formula is C25H22N2O9. The molecule has 186 valence electrons. The molecule has 3 amide bonds. The van der Waals surface area contributed by atoms with Crippen LogP contribution in [0.4, 0.5) is 5.88 Å². The normalized spacial score (nSPS) is 12.5. The fourth-order valence-corrected chi connectivity index (χ4v) is 3.79. The lowest BCUT2D eigenvalue weighted by Gasteiger charge is -2.11. The summed E-state index contributed by atoms with van der Waals surface area (Å²) in [6.07, 6.45) is 1.43. The molecule has 2 aromatic heterocycles. The average Bonchev–Trinajstić information content (AvgIpc) is 3.53. The highest BCUT2D eigenvalue weighted by Crippen LogP contribution is 2.30. The number of ether oxygens (including phenoxy) is 2. The number of benzene rings is 1. The number of fused-ring (bicyclic) bond motifs is 1. The number of nitrogens with one attached hydrogen (secondary N) is 1. The first-order chi connectivity index (χ1) is 17.3. The molecule has 0 aliphatic carbocycles. The number of esters is 2. The van der Waals surface area contributed by atoms with Gasteiger partial charge in [-0.25, -0.2) is 9.59 Å². The Labute approximate surface area is 204 Å². The standard InChI is InChI=1S/C25H22N2O9/c1-4-33-24(31)18-13(3)36-21(19(18)25(32)34-5-2)26-20(28)14-8-9-16-17(11-14)23(30)27(22(16)29)12-15-7-6-10-35-15/h6-11H,4-5,12H2,1-3H3,(H,26,28). The molecule has 3 aromatic rings. The molecule has 11 heteroatoms. The minimum atomic E-state index is -0.879. The van der Waals surface area contributed by atoms with Crippen LogP contribution in [0.15, 0.2) is 45.4 Å². The van der Waals surface area contributed by atoms with Crippen LogP contribution in [0.2, 0.25) is 0 Å². The first-order valence-electron chi connectivity index (χ1n) is 11.1. The third-order valence-electron chi connectivity index (χ3n) is 5.40. The van der Waals surface area contributed by atoms with Crippen molar-refractivity contribution in [1.82, 2.24) is 4.90 Å². The van der Waals surface area contributed by atoms with Crippen LogP contribution >= 0.6 is 0 Å². The zero-order valence-corrected chi connectivity index (χ0v) is 19.7. The van der Waals surface area contributed by atoms with Crippen LogP contribution in [0.5, 0.6) is 0 Å². The Hall–Kier alpha value is -4.67. The van der Waals surface area contributed by atoms with Gasteiger partial charge in [0.2, 0.25) is 5.88 Å². The van der Waals surface area contributed by atoms with Gasteiger partial charge in [-0.15, -0.1) is 0 Å². The number of aryl methyl sites for hydroxylation is 1. The second-order valence-electron chi connectivity index (χ2n) is 7.67. The summed E-state index contributed by atoms with van der Waals surface area (Å²) in [5.41, 5.74) is -0.218. The Morgan fingerprint density at radius 1 is 0.944 bits per heavy atom. The van der Waals surface area contributed by atoms with Crippen molar-refractivity contribution in [2.75, 3.05) is 18.5 Å².